The number of hydrogen-bond acceptors (Lipinski definition) is 5. The van der Waals surface area contributed by atoms with Crippen molar-refractivity contribution < 1.29 is 14.3 Å². The number of benzene rings is 2. The standard InChI is InChI=1S/C23H25NO3S/c1-16-13-17(7-10-21(16)26-2)22-11-12-24(14-18-8-9-19(15-25)27-18)20-5-3-4-6-23(20)28-22/h3-10,13,22,25H,11-12,14-15H2,1-2H3/t22-/m0/s1. The van der Waals surface area contributed by atoms with Crippen LogP contribution in [0.3, 0.4) is 0 Å². The van der Waals surface area contributed by atoms with E-state index in [4.69, 9.17) is 9.15 Å². The molecule has 1 aliphatic rings. The number of aryl methyl sites for hydroxylation is 1. The summed E-state index contributed by atoms with van der Waals surface area (Å²) in [6, 6.07) is 18.9. The number of thioether (sulfide) groups is 1. The first kappa shape index (κ1) is 19.0. The maximum atomic E-state index is 9.26. The zero-order valence-electron chi connectivity index (χ0n) is 16.2. The van der Waals surface area contributed by atoms with Crippen LogP contribution in [-0.2, 0) is 13.2 Å². The van der Waals surface area contributed by atoms with Gasteiger partial charge in [0.1, 0.15) is 23.9 Å². The van der Waals surface area contributed by atoms with Gasteiger partial charge in [-0.15, -0.1) is 11.8 Å². The number of rotatable bonds is 5. The molecule has 2 aromatic carbocycles. The molecule has 2 heterocycles. The van der Waals surface area contributed by atoms with E-state index in [-0.39, 0.29) is 6.61 Å². The molecule has 0 unspecified atom stereocenters. The highest BCUT2D eigenvalue weighted by Gasteiger charge is 2.24. The van der Waals surface area contributed by atoms with Crippen molar-refractivity contribution >= 4 is 17.4 Å². The Labute approximate surface area is 170 Å². The molecule has 146 valence electrons. The van der Waals surface area contributed by atoms with Gasteiger partial charge in [0.05, 0.1) is 19.3 Å². The molecule has 0 fully saturated rings. The third kappa shape index (κ3) is 3.91. The number of furan rings is 1. The number of hydrogen-bond donors (Lipinski definition) is 1. The summed E-state index contributed by atoms with van der Waals surface area (Å²) in [7, 11) is 1.72. The molecule has 1 N–H and O–H groups in total. The molecular weight excluding hydrogens is 370 g/mol. The number of ether oxygens (including phenoxy) is 1. The van der Waals surface area contributed by atoms with Crippen LogP contribution in [0.15, 0.2) is 63.9 Å². The highest BCUT2D eigenvalue weighted by molar-refractivity contribution is 7.99. The Kier molecular flexibility index (Phi) is 5.64. The largest absolute Gasteiger partial charge is 0.496 e. The van der Waals surface area contributed by atoms with E-state index < -0.39 is 0 Å². The van der Waals surface area contributed by atoms with Gasteiger partial charge < -0.3 is 19.2 Å². The molecule has 1 aromatic heterocycles. The molecule has 4 nitrogen and oxygen atoms in total. The minimum absolute atomic E-state index is 0.0642. The average Bonchev–Trinajstić information content (AvgIpc) is 3.09. The third-order valence-electron chi connectivity index (χ3n) is 5.15. The van der Waals surface area contributed by atoms with Crippen molar-refractivity contribution in [3.8, 4) is 5.75 Å². The number of para-hydroxylation sites is 1. The van der Waals surface area contributed by atoms with Crippen LogP contribution in [0.4, 0.5) is 5.69 Å². The maximum Gasteiger partial charge on any atom is 0.129 e. The summed E-state index contributed by atoms with van der Waals surface area (Å²) < 4.78 is 11.2. The minimum Gasteiger partial charge on any atom is -0.496 e. The molecule has 0 spiro atoms. The van der Waals surface area contributed by atoms with Crippen LogP contribution in [0.25, 0.3) is 0 Å². The lowest BCUT2D eigenvalue weighted by atomic mass is 10.1. The molecule has 0 saturated carbocycles. The summed E-state index contributed by atoms with van der Waals surface area (Å²) in [6.07, 6.45) is 1.04. The Morgan fingerprint density at radius 3 is 2.71 bits per heavy atom. The number of aliphatic hydroxyl groups is 1. The van der Waals surface area contributed by atoms with Crippen LogP contribution >= 0.6 is 11.8 Å². The van der Waals surface area contributed by atoms with Crippen molar-refractivity contribution in [2.45, 2.75) is 36.6 Å². The second-order valence-electron chi connectivity index (χ2n) is 7.04. The Bertz CT molecular complexity index is 953. The van der Waals surface area contributed by atoms with Gasteiger partial charge in [-0.05, 0) is 54.8 Å². The normalized spacial score (nSPS) is 16.5. The molecule has 0 saturated heterocycles. The molecule has 0 amide bonds. The Balaban J connectivity index is 1.60. The molecule has 0 radical (unpaired) electrons. The van der Waals surface area contributed by atoms with Crippen molar-refractivity contribution in [3.05, 3.63) is 77.2 Å². The molecule has 3 aromatic rings. The first-order valence-corrected chi connectivity index (χ1v) is 10.4. The topological polar surface area (TPSA) is 45.8 Å². The van der Waals surface area contributed by atoms with E-state index in [1.807, 2.05) is 23.9 Å². The average molecular weight is 396 g/mol. The predicted molar refractivity (Wildman–Crippen MR) is 113 cm³/mol. The van der Waals surface area contributed by atoms with Gasteiger partial charge in [0.15, 0.2) is 0 Å². The zero-order valence-corrected chi connectivity index (χ0v) is 17.0. The Morgan fingerprint density at radius 2 is 1.96 bits per heavy atom. The molecule has 28 heavy (non-hydrogen) atoms. The van der Waals surface area contributed by atoms with Gasteiger partial charge in [0, 0.05) is 16.7 Å². The summed E-state index contributed by atoms with van der Waals surface area (Å²) in [6.45, 7) is 3.67. The van der Waals surface area contributed by atoms with Crippen LogP contribution < -0.4 is 9.64 Å². The zero-order chi connectivity index (χ0) is 19.5. The van der Waals surface area contributed by atoms with Crippen LogP contribution in [0.1, 0.15) is 34.3 Å². The fourth-order valence-electron chi connectivity index (χ4n) is 3.71. The van der Waals surface area contributed by atoms with E-state index in [1.54, 1.807) is 7.11 Å². The quantitative estimate of drug-likeness (QED) is 0.632. The van der Waals surface area contributed by atoms with Gasteiger partial charge in [0.2, 0.25) is 0 Å². The summed E-state index contributed by atoms with van der Waals surface area (Å²) in [5.74, 6) is 2.42. The van der Waals surface area contributed by atoms with E-state index in [2.05, 4.69) is 54.3 Å². The van der Waals surface area contributed by atoms with Crippen molar-refractivity contribution in [1.82, 2.24) is 0 Å². The van der Waals surface area contributed by atoms with Gasteiger partial charge in [-0.25, -0.2) is 0 Å². The lowest BCUT2D eigenvalue weighted by molar-refractivity contribution is 0.243. The molecule has 4 rings (SSSR count). The number of nitrogens with zero attached hydrogens (tertiary/aromatic N) is 1. The van der Waals surface area contributed by atoms with Crippen LogP contribution in [-0.4, -0.2) is 18.8 Å². The second-order valence-corrected chi connectivity index (χ2v) is 8.28. The van der Waals surface area contributed by atoms with Gasteiger partial charge >= 0.3 is 0 Å². The lowest BCUT2D eigenvalue weighted by Gasteiger charge is -2.23. The smallest absolute Gasteiger partial charge is 0.129 e. The lowest BCUT2D eigenvalue weighted by Crippen LogP contribution is -2.23. The first-order valence-electron chi connectivity index (χ1n) is 9.51. The summed E-state index contributed by atoms with van der Waals surface area (Å²) in [5.41, 5.74) is 3.74. The molecular formula is C23H25NO3S. The third-order valence-corrected chi connectivity index (χ3v) is 6.54. The number of fused-ring (bicyclic) bond motifs is 1. The Morgan fingerprint density at radius 1 is 1.14 bits per heavy atom. The van der Waals surface area contributed by atoms with E-state index in [1.165, 1.54) is 21.7 Å². The van der Waals surface area contributed by atoms with Gasteiger partial charge in [-0.3, -0.25) is 0 Å². The van der Waals surface area contributed by atoms with Crippen molar-refractivity contribution in [2.75, 3.05) is 18.6 Å². The van der Waals surface area contributed by atoms with Crippen LogP contribution in [0, 0.1) is 6.92 Å². The van der Waals surface area contributed by atoms with Crippen LogP contribution in [0.2, 0.25) is 0 Å². The van der Waals surface area contributed by atoms with Crippen molar-refractivity contribution in [1.29, 1.82) is 0 Å². The molecule has 0 bridgehead atoms. The predicted octanol–water partition coefficient (Wildman–Crippen LogP) is 5.33. The molecule has 1 atom stereocenters. The summed E-state index contributed by atoms with van der Waals surface area (Å²) >= 11 is 1.92. The SMILES string of the molecule is COc1ccc([C@@H]2CCN(Cc3ccc(CO)o3)c3ccccc3S2)cc1C. The fraction of sp³-hybridized carbons (Fsp3) is 0.304. The number of aliphatic hydroxyl groups excluding tert-OH is 1. The van der Waals surface area contributed by atoms with Gasteiger partial charge in [0.25, 0.3) is 0 Å². The Hall–Kier alpha value is -2.37. The van der Waals surface area contributed by atoms with Gasteiger partial charge in [-0.2, -0.15) is 0 Å². The van der Waals surface area contributed by atoms with E-state index in [0.29, 0.717) is 17.6 Å². The van der Waals surface area contributed by atoms with E-state index in [9.17, 15) is 5.11 Å². The number of methoxy groups -OCH3 is 1. The number of anilines is 1. The molecule has 0 aliphatic carbocycles. The summed E-state index contributed by atoms with van der Waals surface area (Å²) in [5, 5.41) is 9.65. The van der Waals surface area contributed by atoms with E-state index >= 15 is 0 Å². The van der Waals surface area contributed by atoms with Crippen molar-refractivity contribution in [3.63, 3.8) is 0 Å². The van der Waals surface area contributed by atoms with Gasteiger partial charge in [-0.1, -0.05) is 24.3 Å². The minimum atomic E-state index is -0.0642. The fourth-order valence-corrected chi connectivity index (χ4v) is 4.99. The van der Waals surface area contributed by atoms with Crippen molar-refractivity contribution in [2.24, 2.45) is 0 Å². The maximum absolute atomic E-state index is 9.26. The molecule has 5 heteroatoms. The monoisotopic (exact) mass is 395 g/mol. The summed E-state index contributed by atoms with van der Waals surface area (Å²) in [4.78, 5) is 3.66. The second kappa shape index (κ2) is 8.33. The van der Waals surface area contributed by atoms with Crippen LogP contribution in [0.5, 0.6) is 5.75 Å². The highest BCUT2D eigenvalue weighted by Crippen LogP contribution is 2.46. The highest BCUT2D eigenvalue weighted by atomic mass is 32.2. The molecule has 1 aliphatic heterocycles. The first-order chi connectivity index (χ1) is 13.7. The van der Waals surface area contributed by atoms with E-state index in [0.717, 1.165) is 24.5 Å².